The first-order chi connectivity index (χ1) is 11.7. The predicted molar refractivity (Wildman–Crippen MR) is 89.3 cm³/mol. The molecule has 2 aromatic carbocycles. The van der Waals surface area contributed by atoms with Gasteiger partial charge in [0.1, 0.15) is 17.8 Å². The third kappa shape index (κ3) is 4.03. The van der Waals surface area contributed by atoms with Crippen LogP contribution in [0.5, 0.6) is 11.5 Å². The maximum Gasteiger partial charge on any atom is 0.417 e. The summed E-state index contributed by atoms with van der Waals surface area (Å²) in [5, 5.41) is 15.8. The van der Waals surface area contributed by atoms with Gasteiger partial charge in [-0.3, -0.25) is 5.41 Å². The zero-order valence-corrected chi connectivity index (χ0v) is 14.0. The lowest BCUT2D eigenvalue weighted by Gasteiger charge is -2.17. The third-order valence-electron chi connectivity index (χ3n) is 3.46. The molecule has 0 aliphatic carbocycles. The molecular weight excluding hydrogens is 355 g/mol. The van der Waals surface area contributed by atoms with Gasteiger partial charge >= 0.3 is 6.18 Å². The van der Waals surface area contributed by atoms with E-state index in [4.69, 9.17) is 27.0 Å². The molecule has 8 heteroatoms. The van der Waals surface area contributed by atoms with Crippen molar-refractivity contribution < 1.29 is 17.9 Å². The number of alkyl halides is 3. The van der Waals surface area contributed by atoms with Crippen LogP contribution in [-0.2, 0) is 6.18 Å². The van der Waals surface area contributed by atoms with Gasteiger partial charge in [-0.05, 0) is 55.3 Å². The molecule has 0 saturated carbocycles. The van der Waals surface area contributed by atoms with Gasteiger partial charge in [0.2, 0.25) is 0 Å². The van der Waals surface area contributed by atoms with Gasteiger partial charge in [0, 0.05) is 0 Å². The summed E-state index contributed by atoms with van der Waals surface area (Å²) >= 11 is 5.59. The lowest BCUT2D eigenvalue weighted by atomic mass is 10.1. The highest BCUT2D eigenvalue weighted by atomic mass is 35.5. The van der Waals surface area contributed by atoms with E-state index in [9.17, 15) is 13.2 Å². The van der Waals surface area contributed by atoms with Crippen LogP contribution in [0, 0.1) is 30.7 Å². The smallest absolute Gasteiger partial charge is 0.417 e. The number of nitrogens with one attached hydrogen (secondary N) is 1. The Hall–Kier alpha value is -2.72. The van der Waals surface area contributed by atoms with Gasteiger partial charge in [0.05, 0.1) is 16.3 Å². The highest BCUT2D eigenvalue weighted by Gasteiger charge is 2.33. The monoisotopic (exact) mass is 367 g/mol. The summed E-state index contributed by atoms with van der Waals surface area (Å²) in [7, 11) is 0. The molecule has 0 aliphatic heterocycles. The van der Waals surface area contributed by atoms with Crippen LogP contribution in [0.15, 0.2) is 30.3 Å². The van der Waals surface area contributed by atoms with Gasteiger partial charge in [0.15, 0.2) is 6.19 Å². The summed E-state index contributed by atoms with van der Waals surface area (Å²) in [4.78, 5) is 1.07. The number of hydrogen-bond donors (Lipinski definition) is 1. The molecule has 0 fully saturated rings. The van der Waals surface area contributed by atoms with Crippen LogP contribution < -0.4 is 9.64 Å². The van der Waals surface area contributed by atoms with Gasteiger partial charge in [-0.2, -0.15) is 18.4 Å². The molecule has 0 atom stereocenters. The average molecular weight is 368 g/mol. The first kappa shape index (κ1) is 18.6. The Morgan fingerprint density at radius 1 is 1.20 bits per heavy atom. The standard InChI is InChI=1S/C17H13ClF3N3O/c1-10-6-16(11(2)5-15(10)24(8-22)9-23)25-12-3-4-14(18)13(7-12)17(19,20)21/h3-8,22H,1-2H3. The highest BCUT2D eigenvalue weighted by Crippen LogP contribution is 2.38. The van der Waals surface area contributed by atoms with Crippen molar-refractivity contribution in [2.45, 2.75) is 20.0 Å². The molecule has 0 aliphatic rings. The van der Waals surface area contributed by atoms with Crippen molar-refractivity contribution in [2.75, 3.05) is 4.90 Å². The van der Waals surface area contributed by atoms with Crippen LogP contribution in [0.1, 0.15) is 16.7 Å². The summed E-state index contributed by atoms with van der Waals surface area (Å²) in [6, 6.07) is 6.53. The number of ether oxygens (including phenoxy) is 1. The minimum atomic E-state index is -4.58. The maximum atomic E-state index is 12.9. The molecule has 1 N–H and O–H groups in total. The Morgan fingerprint density at radius 2 is 1.88 bits per heavy atom. The predicted octanol–water partition coefficient (Wildman–Crippen LogP) is 5.66. The number of anilines is 1. The molecule has 4 nitrogen and oxygen atoms in total. The molecule has 0 spiro atoms. The average Bonchev–Trinajstić information content (AvgIpc) is 2.53. The molecule has 0 bridgehead atoms. The summed E-state index contributed by atoms with van der Waals surface area (Å²) < 4.78 is 44.4. The summed E-state index contributed by atoms with van der Waals surface area (Å²) in [5.74, 6) is 0.343. The Bertz CT molecular complexity index is 859. The molecule has 0 saturated heterocycles. The minimum Gasteiger partial charge on any atom is -0.457 e. The Labute approximate surface area is 147 Å². The van der Waals surface area contributed by atoms with E-state index in [1.54, 1.807) is 26.0 Å². The molecule has 25 heavy (non-hydrogen) atoms. The Kier molecular flexibility index (Phi) is 5.24. The summed E-state index contributed by atoms with van der Waals surface area (Å²) in [6.07, 6.45) is -1.86. The number of benzene rings is 2. The van der Waals surface area contributed by atoms with Gasteiger partial charge in [-0.1, -0.05) is 11.6 Å². The molecule has 2 aromatic rings. The maximum absolute atomic E-state index is 12.9. The fourth-order valence-corrected chi connectivity index (χ4v) is 2.43. The third-order valence-corrected chi connectivity index (χ3v) is 3.79. The normalized spacial score (nSPS) is 10.9. The lowest BCUT2D eigenvalue weighted by molar-refractivity contribution is -0.137. The van der Waals surface area contributed by atoms with Crippen molar-refractivity contribution in [3.63, 3.8) is 0 Å². The van der Waals surface area contributed by atoms with Crippen molar-refractivity contribution in [3.8, 4) is 17.7 Å². The van der Waals surface area contributed by atoms with E-state index in [1.165, 1.54) is 6.07 Å². The summed E-state index contributed by atoms with van der Waals surface area (Å²) in [5.41, 5.74) is 0.758. The van der Waals surface area contributed by atoms with Crippen LogP contribution in [-0.4, -0.2) is 6.34 Å². The largest absolute Gasteiger partial charge is 0.457 e. The molecule has 2 rings (SSSR count). The summed E-state index contributed by atoms with van der Waals surface area (Å²) in [6.45, 7) is 3.40. The highest BCUT2D eigenvalue weighted by molar-refractivity contribution is 6.31. The van der Waals surface area contributed by atoms with Crippen LogP contribution in [0.2, 0.25) is 5.02 Å². The zero-order chi connectivity index (χ0) is 18.8. The van der Waals surface area contributed by atoms with Gasteiger partial charge in [0.25, 0.3) is 0 Å². The van der Waals surface area contributed by atoms with E-state index in [-0.39, 0.29) is 5.75 Å². The van der Waals surface area contributed by atoms with Gasteiger partial charge in [-0.25, -0.2) is 4.90 Å². The second-order valence-corrected chi connectivity index (χ2v) is 5.65. The number of halogens is 4. The number of aryl methyl sites for hydroxylation is 2. The van der Waals surface area contributed by atoms with Crippen molar-refractivity contribution >= 4 is 23.6 Å². The van der Waals surface area contributed by atoms with E-state index >= 15 is 0 Å². The van der Waals surface area contributed by atoms with E-state index in [0.717, 1.165) is 23.4 Å². The number of nitrogens with zero attached hydrogens (tertiary/aromatic N) is 2. The van der Waals surface area contributed by atoms with Crippen molar-refractivity contribution in [1.82, 2.24) is 0 Å². The SMILES string of the molecule is Cc1cc(N(C#N)C=N)c(C)cc1Oc1ccc(Cl)c(C(F)(F)F)c1. The first-order valence-corrected chi connectivity index (χ1v) is 7.40. The molecule has 0 unspecified atom stereocenters. The van der Waals surface area contributed by atoms with Crippen LogP contribution in [0.25, 0.3) is 0 Å². The number of rotatable bonds is 4. The minimum absolute atomic E-state index is 0.00355. The van der Waals surface area contributed by atoms with Crippen molar-refractivity contribution in [2.24, 2.45) is 0 Å². The molecule has 0 aromatic heterocycles. The van der Waals surface area contributed by atoms with Crippen molar-refractivity contribution in [1.29, 1.82) is 10.7 Å². The van der Waals surface area contributed by atoms with E-state index in [0.29, 0.717) is 22.6 Å². The topological polar surface area (TPSA) is 60.1 Å². The second kappa shape index (κ2) is 7.03. The fourth-order valence-electron chi connectivity index (χ4n) is 2.21. The van der Waals surface area contributed by atoms with Gasteiger partial charge in [-0.15, -0.1) is 0 Å². The first-order valence-electron chi connectivity index (χ1n) is 7.02. The Balaban J connectivity index is 2.41. The zero-order valence-electron chi connectivity index (χ0n) is 13.3. The molecule has 0 amide bonds. The quantitative estimate of drug-likeness (QED) is 0.328. The number of hydrogen-bond acceptors (Lipinski definition) is 3. The molecule has 0 radical (unpaired) electrons. The van der Waals surface area contributed by atoms with Crippen molar-refractivity contribution in [3.05, 3.63) is 52.0 Å². The number of nitriles is 1. The van der Waals surface area contributed by atoms with Gasteiger partial charge < -0.3 is 4.74 Å². The van der Waals surface area contributed by atoms with E-state index in [1.807, 2.05) is 6.19 Å². The second-order valence-electron chi connectivity index (χ2n) is 5.24. The Morgan fingerprint density at radius 3 is 2.44 bits per heavy atom. The fraction of sp³-hybridized carbons (Fsp3) is 0.176. The molecule has 0 heterocycles. The van der Waals surface area contributed by atoms with Crippen LogP contribution in [0.3, 0.4) is 0 Å². The van der Waals surface area contributed by atoms with E-state index in [2.05, 4.69) is 0 Å². The van der Waals surface area contributed by atoms with Crippen LogP contribution >= 0.6 is 11.6 Å². The molecular formula is C17H13ClF3N3O. The van der Waals surface area contributed by atoms with E-state index < -0.39 is 16.8 Å². The van der Waals surface area contributed by atoms with Crippen LogP contribution in [0.4, 0.5) is 18.9 Å². The lowest BCUT2D eigenvalue weighted by Crippen LogP contribution is -2.14. The molecule has 130 valence electrons.